The van der Waals surface area contributed by atoms with Crippen molar-refractivity contribution in [3.05, 3.63) is 63.8 Å². The van der Waals surface area contributed by atoms with E-state index >= 15 is 0 Å². The Labute approximate surface area is 139 Å². The van der Waals surface area contributed by atoms with E-state index in [0.717, 1.165) is 5.56 Å². The third kappa shape index (κ3) is 5.68. The predicted octanol–water partition coefficient (Wildman–Crippen LogP) is 2.89. The van der Waals surface area contributed by atoms with Crippen molar-refractivity contribution in [2.45, 2.75) is 19.8 Å². The molecule has 0 aliphatic carbocycles. The summed E-state index contributed by atoms with van der Waals surface area (Å²) in [4.78, 5) is 25.6. The van der Waals surface area contributed by atoms with Crippen molar-refractivity contribution in [1.29, 1.82) is 0 Å². The first-order valence-electron chi connectivity index (χ1n) is 7.60. The van der Waals surface area contributed by atoms with Crippen molar-refractivity contribution in [1.82, 2.24) is 4.98 Å². The zero-order chi connectivity index (χ0) is 17.4. The molecule has 7 heteroatoms. The summed E-state index contributed by atoms with van der Waals surface area (Å²) in [5.74, 6) is 0.241. The number of benzene rings is 1. The van der Waals surface area contributed by atoms with Crippen molar-refractivity contribution in [3.63, 3.8) is 0 Å². The van der Waals surface area contributed by atoms with Gasteiger partial charge in [0.2, 0.25) is 0 Å². The van der Waals surface area contributed by atoms with Gasteiger partial charge in [-0.05, 0) is 25.0 Å². The van der Waals surface area contributed by atoms with E-state index in [4.69, 9.17) is 4.74 Å². The van der Waals surface area contributed by atoms with Crippen LogP contribution in [0, 0.1) is 17.0 Å². The van der Waals surface area contributed by atoms with Crippen LogP contribution in [0.4, 0.5) is 11.5 Å². The number of carbonyl (C=O) groups excluding carboxylic acids is 1. The minimum absolute atomic E-state index is 0.0666. The highest BCUT2D eigenvalue weighted by molar-refractivity contribution is 5.69. The summed E-state index contributed by atoms with van der Waals surface area (Å²) in [5, 5.41) is 13.5. The molecule has 24 heavy (non-hydrogen) atoms. The van der Waals surface area contributed by atoms with Gasteiger partial charge in [0, 0.05) is 12.5 Å². The summed E-state index contributed by atoms with van der Waals surface area (Å²) < 4.78 is 5.13. The maximum Gasteiger partial charge on any atom is 0.306 e. The average Bonchev–Trinajstić information content (AvgIpc) is 2.58. The van der Waals surface area contributed by atoms with E-state index in [1.165, 1.54) is 23.9 Å². The highest BCUT2D eigenvalue weighted by Crippen LogP contribution is 2.11. The normalized spacial score (nSPS) is 10.2. The number of aryl methyl sites for hydroxylation is 2. The van der Waals surface area contributed by atoms with Crippen LogP contribution in [-0.2, 0) is 16.0 Å². The summed E-state index contributed by atoms with van der Waals surface area (Å²) >= 11 is 0. The number of nitrogens with zero attached hydrogens (tertiary/aromatic N) is 2. The Morgan fingerprint density at radius 1 is 1.25 bits per heavy atom. The summed E-state index contributed by atoms with van der Waals surface area (Å²) in [6, 6.07) is 10.9. The molecule has 1 aromatic heterocycles. The quantitative estimate of drug-likeness (QED) is 0.346. The SMILES string of the molecule is Cc1ccc(CCC(=O)OCCNc2ccc([N+](=O)[O-])cn2)cc1. The first-order valence-corrected chi connectivity index (χ1v) is 7.60. The predicted molar refractivity (Wildman–Crippen MR) is 89.8 cm³/mol. The number of pyridine rings is 1. The van der Waals surface area contributed by atoms with E-state index in [2.05, 4.69) is 10.3 Å². The van der Waals surface area contributed by atoms with Crippen molar-refractivity contribution in [3.8, 4) is 0 Å². The molecule has 2 aromatic rings. The fraction of sp³-hybridized carbons (Fsp3) is 0.294. The monoisotopic (exact) mass is 329 g/mol. The third-order valence-electron chi connectivity index (χ3n) is 3.37. The Hall–Kier alpha value is -2.96. The molecule has 0 saturated heterocycles. The molecule has 0 fully saturated rings. The van der Waals surface area contributed by atoms with Gasteiger partial charge in [0.15, 0.2) is 0 Å². The molecule has 0 bridgehead atoms. The number of rotatable bonds is 8. The number of nitro groups is 1. The number of ether oxygens (including phenoxy) is 1. The molecule has 1 N–H and O–H groups in total. The highest BCUT2D eigenvalue weighted by Gasteiger charge is 2.06. The van der Waals surface area contributed by atoms with Crippen molar-refractivity contribution in [2.75, 3.05) is 18.5 Å². The molecular weight excluding hydrogens is 310 g/mol. The lowest BCUT2D eigenvalue weighted by atomic mass is 10.1. The largest absolute Gasteiger partial charge is 0.464 e. The van der Waals surface area contributed by atoms with Crippen molar-refractivity contribution >= 4 is 17.5 Å². The minimum atomic E-state index is -0.507. The number of hydrogen-bond acceptors (Lipinski definition) is 6. The van der Waals surface area contributed by atoms with Crippen LogP contribution in [0.15, 0.2) is 42.6 Å². The first-order chi connectivity index (χ1) is 11.5. The second-order valence-corrected chi connectivity index (χ2v) is 5.29. The first kappa shape index (κ1) is 17.4. The number of anilines is 1. The Morgan fingerprint density at radius 2 is 2.00 bits per heavy atom. The number of hydrogen-bond donors (Lipinski definition) is 1. The molecule has 0 radical (unpaired) electrons. The fourth-order valence-electron chi connectivity index (χ4n) is 2.02. The second-order valence-electron chi connectivity index (χ2n) is 5.29. The van der Waals surface area contributed by atoms with Crippen LogP contribution in [-0.4, -0.2) is 29.0 Å². The lowest BCUT2D eigenvalue weighted by Crippen LogP contribution is -2.14. The Kier molecular flexibility index (Phi) is 6.24. The van der Waals surface area contributed by atoms with Gasteiger partial charge in [-0.3, -0.25) is 14.9 Å². The Bertz CT molecular complexity index is 684. The Balaban J connectivity index is 1.63. The summed E-state index contributed by atoms with van der Waals surface area (Å²) in [6.07, 6.45) is 2.16. The van der Waals surface area contributed by atoms with Crippen molar-refractivity contribution in [2.24, 2.45) is 0 Å². The molecule has 0 unspecified atom stereocenters. The number of carbonyl (C=O) groups is 1. The van der Waals surface area contributed by atoms with Gasteiger partial charge >= 0.3 is 5.97 Å². The zero-order valence-electron chi connectivity index (χ0n) is 13.4. The maximum atomic E-state index is 11.7. The van der Waals surface area contributed by atoms with Crippen molar-refractivity contribution < 1.29 is 14.5 Å². The molecule has 126 valence electrons. The van der Waals surface area contributed by atoms with Gasteiger partial charge in [-0.25, -0.2) is 4.98 Å². The Morgan fingerprint density at radius 3 is 2.62 bits per heavy atom. The molecule has 0 aliphatic rings. The lowest BCUT2D eigenvalue weighted by Gasteiger charge is -2.07. The molecule has 1 aromatic carbocycles. The van der Waals surface area contributed by atoms with Crippen LogP contribution in [0.25, 0.3) is 0 Å². The molecular formula is C17H19N3O4. The van der Waals surface area contributed by atoms with Gasteiger partial charge in [-0.15, -0.1) is 0 Å². The van der Waals surface area contributed by atoms with Gasteiger partial charge < -0.3 is 10.1 Å². The number of nitrogens with one attached hydrogen (secondary N) is 1. The van der Waals surface area contributed by atoms with E-state index in [0.29, 0.717) is 25.2 Å². The van der Waals surface area contributed by atoms with E-state index in [1.807, 2.05) is 31.2 Å². The smallest absolute Gasteiger partial charge is 0.306 e. The molecule has 0 spiro atoms. The maximum absolute atomic E-state index is 11.7. The molecule has 0 atom stereocenters. The molecule has 0 aliphatic heterocycles. The summed E-state index contributed by atoms with van der Waals surface area (Å²) in [7, 11) is 0. The third-order valence-corrected chi connectivity index (χ3v) is 3.37. The van der Waals surface area contributed by atoms with Gasteiger partial charge in [-0.1, -0.05) is 29.8 Å². The second kappa shape index (κ2) is 8.61. The lowest BCUT2D eigenvalue weighted by molar-refractivity contribution is -0.385. The van der Waals surface area contributed by atoms with E-state index in [-0.39, 0.29) is 18.3 Å². The van der Waals surface area contributed by atoms with Crippen LogP contribution in [0.3, 0.4) is 0 Å². The van der Waals surface area contributed by atoms with Gasteiger partial charge in [-0.2, -0.15) is 0 Å². The van der Waals surface area contributed by atoms with E-state index < -0.39 is 4.92 Å². The van der Waals surface area contributed by atoms with Crippen LogP contribution < -0.4 is 5.32 Å². The number of aromatic nitrogens is 1. The van der Waals surface area contributed by atoms with Gasteiger partial charge in [0.1, 0.15) is 18.6 Å². The van der Waals surface area contributed by atoms with E-state index in [9.17, 15) is 14.9 Å². The number of esters is 1. The zero-order valence-corrected chi connectivity index (χ0v) is 13.4. The van der Waals surface area contributed by atoms with Crippen LogP contribution in [0.2, 0.25) is 0 Å². The van der Waals surface area contributed by atoms with E-state index in [1.54, 1.807) is 0 Å². The molecule has 2 rings (SSSR count). The standard InChI is InChI=1S/C17H19N3O4/c1-13-2-4-14(5-3-13)6-9-17(21)24-11-10-18-16-8-7-15(12-19-16)20(22)23/h2-5,7-8,12H,6,9-11H2,1H3,(H,18,19). The topological polar surface area (TPSA) is 94.4 Å². The minimum Gasteiger partial charge on any atom is -0.464 e. The summed E-state index contributed by atoms with van der Waals surface area (Å²) in [6.45, 7) is 2.62. The average molecular weight is 329 g/mol. The van der Waals surface area contributed by atoms with Gasteiger partial charge in [0.25, 0.3) is 5.69 Å². The molecule has 0 saturated carbocycles. The van der Waals surface area contributed by atoms with Crippen LogP contribution in [0.5, 0.6) is 0 Å². The fourth-order valence-corrected chi connectivity index (χ4v) is 2.02. The molecule has 1 heterocycles. The van der Waals surface area contributed by atoms with Crippen LogP contribution in [0.1, 0.15) is 17.5 Å². The summed E-state index contributed by atoms with van der Waals surface area (Å²) in [5.41, 5.74) is 2.22. The molecule has 0 amide bonds. The van der Waals surface area contributed by atoms with Gasteiger partial charge in [0.05, 0.1) is 11.5 Å². The molecule has 7 nitrogen and oxygen atoms in total. The van der Waals surface area contributed by atoms with Crippen LogP contribution >= 0.6 is 0 Å². The highest BCUT2D eigenvalue weighted by atomic mass is 16.6.